The second-order valence-electron chi connectivity index (χ2n) is 4.13. The first kappa shape index (κ1) is 12.7. The zero-order chi connectivity index (χ0) is 14.1. The monoisotopic (exact) mass is 288 g/mol. The zero-order valence-electron chi connectivity index (χ0n) is 11.0. The summed E-state index contributed by atoms with van der Waals surface area (Å²) < 4.78 is 6.80. The number of nitrogens with zero attached hydrogens (tertiary/aromatic N) is 4. The van der Waals surface area contributed by atoms with Crippen LogP contribution in [0.25, 0.3) is 16.5 Å². The van der Waals surface area contributed by atoms with Crippen LogP contribution < -0.4 is 0 Å². The van der Waals surface area contributed by atoms with Crippen molar-refractivity contribution in [3.63, 3.8) is 0 Å². The van der Waals surface area contributed by atoms with Crippen LogP contribution >= 0.6 is 11.3 Å². The van der Waals surface area contributed by atoms with E-state index in [0.29, 0.717) is 22.3 Å². The molecule has 0 aromatic carbocycles. The van der Waals surface area contributed by atoms with Gasteiger partial charge in [-0.1, -0.05) is 11.3 Å². The maximum Gasteiger partial charge on any atom is 0.349 e. The molecule has 0 unspecified atom stereocenters. The molecule has 0 radical (unpaired) electrons. The van der Waals surface area contributed by atoms with Gasteiger partial charge in [-0.25, -0.2) is 19.7 Å². The van der Waals surface area contributed by atoms with Crippen LogP contribution in [0, 0.1) is 6.92 Å². The number of imidazole rings is 1. The third kappa shape index (κ3) is 2.16. The van der Waals surface area contributed by atoms with Gasteiger partial charge < -0.3 is 4.74 Å². The van der Waals surface area contributed by atoms with Crippen LogP contribution in [0.4, 0.5) is 0 Å². The third-order valence-electron chi connectivity index (χ3n) is 2.71. The molecule has 0 bridgehead atoms. The Hall–Kier alpha value is -2.28. The first-order chi connectivity index (χ1) is 9.69. The summed E-state index contributed by atoms with van der Waals surface area (Å²) in [5.74, 6) is 0.254. The van der Waals surface area contributed by atoms with Crippen LogP contribution in [0.15, 0.2) is 24.7 Å². The lowest BCUT2D eigenvalue weighted by Gasteiger charge is -1.99. The van der Waals surface area contributed by atoms with Gasteiger partial charge in [-0.05, 0) is 19.9 Å². The standard InChI is InChI=1S/C13H12N4O2S/c1-3-19-12(18)10-7-17-9(6-15-13(17)20-10)11-14-5-4-8(2)16-11/h4-7H,3H2,1-2H3. The Morgan fingerprint density at radius 3 is 3.05 bits per heavy atom. The Morgan fingerprint density at radius 1 is 1.45 bits per heavy atom. The first-order valence-electron chi connectivity index (χ1n) is 6.13. The molecular weight excluding hydrogens is 276 g/mol. The normalized spacial score (nSPS) is 10.9. The lowest BCUT2D eigenvalue weighted by atomic mass is 10.4. The fraction of sp³-hybridized carbons (Fsp3) is 0.231. The molecule has 3 rings (SSSR count). The van der Waals surface area contributed by atoms with Gasteiger partial charge in [-0.2, -0.15) is 0 Å². The van der Waals surface area contributed by atoms with Gasteiger partial charge in [0.25, 0.3) is 0 Å². The van der Waals surface area contributed by atoms with Crippen LogP contribution in [-0.4, -0.2) is 31.9 Å². The van der Waals surface area contributed by atoms with E-state index in [9.17, 15) is 4.79 Å². The smallest absolute Gasteiger partial charge is 0.349 e. The molecule has 0 aliphatic heterocycles. The van der Waals surface area contributed by atoms with E-state index in [1.165, 1.54) is 11.3 Å². The number of aromatic nitrogens is 4. The zero-order valence-corrected chi connectivity index (χ0v) is 11.8. The van der Waals surface area contributed by atoms with E-state index >= 15 is 0 Å². The molecule has 0 aliphatic carbocycles. The predicted molar refractivity (Wildman–Crippen MR) is 74.8 cm³/mol. The van der Waals surface area contributed by atoms with Gasteiger partial charge in [0.05, 0.1) is 12.8 Å². The molecule has 0 aliphatic rings. The molecule has 0 amide bonds. The fourth-order valence-electron chi connectivity index (χ4n) is 1.82. The molecule has 102 valence electrons. The van der Waals surface area contributed by atoms with E-state index in [2.05, 4.69) is 15.0 Å². The minimum atomic E-state index is -0.334. The summed E-state index contributed by atoms with van der Waals surface area (Å²) in [6, 6.07) is 1.83. The average molecular weight is 288 g/mol. The molecule has 7 heteroatoms. The summed E-state index contributed by atoms with van der Waals surface area (Å²) in [5.41, 5.74) is 1.64. The third-order valence-corrected chi connectivity index (χ3v) is 3.69. The highest BCUT2D eigenvalue weighted by Crippen LogP contribution is 2.24. The number of carbonyl (C=O) groups is 1. The summed E-state index contributed by atoms with van der Waals surface area (Å²) in [6.45, 7) is 4.04. The maximum absolute atomic E-state index is 11.7. The lowest BCUT2D eigenvalue weighted by molar-refractivity contribution is 0.0531. The number of fused-ring (bicyclic) bond motifs is 1. The predicted octanol–water partition coefficient (Wildman–Crippen LogP) is 2.34. The van der Waals surface area contributed by atoms with Crippen molar-refractivity contribution in [2.24, 2.45) is 0 Å². The fourth-order valence-corrected chi connectivity index (χ4v) is 2.67. The quantitative estimate of drug-likeness (QED) is 0.692. The minimum absolute atomic E-state index is 0.334. The molecule has 0 fully saturated rings. The molecular formula is C13H12N4O2S. The molecule has 3 aromatic rings. The van der Waals surface area contributed by atoms with Crippen molar-refractivity contribution in [3.05, 3.63) is 35.2 Å². The Labute approximate surface area is 119 Å². The van der Waals surface area contributed by atoms with Crippen molar-refractivity contribution in [1.29, 1.82) is 0 Å². The van der Waals surface area contributed by atoms with Gasteiger partial charge in [0.15, 0.2) is 10.8 Å². The highest BCUT2D eigenvalue weighted by molar-refractivity contribution is 7.18. The molecule has 0 spiro atoms. The summed E-state index contributed by atoms with van der Waals surface area (Å²) in [7, 11) is 0. The second kappa shape index (κ2) is 5.01. The molecule has 3 heterocycles. The molecule has 0 saturated carbocycles. The molecule has 6 nitrogen and oxygen atoms in total. The highest BCUT2D eigenvalue weighted by atomic mass is 32.1. The Kier molecular flexibility index (Phi) is 3.19. The molecule has 3 aromatic heterocycles. The van der Waals surface area contributed by atoms with Crippen molar-refractivity contribution in [2.75, 3.05) is 6.61 Å². The summed E-state index contributed by atoms with van der Waals surface area (Å²) >= 11 is 1.29. The summed E-state index contributed by atoms with van der Waals surface area (Å²) in [6.07, 6.45) is 5.12. The summed E-state index contributed by atoms with van der Waals surface area (Å²) in [5, 5.41) is 0. The van der Waals surface area contributed by atoms with Crippen molar-refractivity contribution in [2.45, 2.75) is 13.8 Å². The van der Waals surface area contributed by atoms with Crippen LogP contribution in [0.1, 0.15) is 22.3 Å². The minimum Gasteiger partial charge on any atom is -0.462 e. The summed E-state index contributed by atoms with van der Waals surface area (Å²) in [4.78, 5) is 25.9. The second-order valence-corrected chi connectivity index (χ2v) is 5.14. The van der Waals surface area contributed by atoms with Gasteiger partial charge in [0.1, 0.15) is 10.6 Å². The highest BCUT2D eigenvalue weighted by Gasteiger charge is 2.16. The van der Waals surface area contributed by atoms with E-state index in [-0.39, 0.29) is 5.97 Å². The number of rotatable bonds is 3. The van der Waals surface area contributed by atoms with Gasteiger partial charge in [-0.15, -0.1) is 0 Å². The van der Waals surface area contributed by atoms with Gasteiger partial charge in [0.2, 0.25) is 0 Å². The van der Waals surface area contributed by atoms with Crippen molar-refractivity contribution < 1.29 is 9.53 Å². The topological polar surface area (TPSA) is 69.4 Å². The lowest BCUT2D eigenvalue weighted by Crippen LogP contribution is -2.02. The van der Waals surface area contributed by atoms with E-state index in [1.807, 2.05) is 17.4 Å². The number of hydrogen-bond acceptors (Lipinski definition) is 6. The Morgan fingerprint density at radius 2 is 2.30 bits per heavy atom. The largest absolute Gasteiger partial charge is 0.462 e. The number of ether oxygens (including phenoxy) is 1. The van der Waals surface area contributed by atoms with Crippen molar-refractivity contribution in [1.82, 2.24) is 19.4 Å². The van der Waals surface area contributed by atoms with Crippen molar-refractivity contribution in [3.8, 4) is 11.5 Å². The van der Waals surface area contributed by atoms with Crippen LogP contribution in [-0.2, 0) is 4.74 Å². The van der Waals surface area contributed by atoms with E-state index in [4.69, 9.17) is 4.74 Å². The van der Waals surface area contributed by atoms with E-state index in [1.54, 1.807) is 25.5 Å². The van der Waals surface area contributed by atoms with Gasteiger partial charge >= 0.3 is 5.97 Å². The van der Waals surface area contributed by atoms with Crippen molar-refractivity contribution >= 4 is 22.3 Å². The first-order valence-corrected chi connectivity index (χ1v) is 6.94. The van der Waals surface area contributed by atoms with Crippen LogP contribution in [0.3, 0.4) is 0 Å². The number of aryl methyl sites for hydroxylation is 1. The van der Waals surface area contributed by atoms with Gasteiger partial charge in [-0.3, -0.25) is 4.40 Å². The molecule has 0 saturated heterocycles. The SMILES string of the molecule is CCOC(=O)c1cn2c(-c3nccc(C)n3)cnc2s1. The number of carbonyl (C=O) groups excluding carboxylic acids is 1. The average Bonchev–Trinajstić information content (AvgIpc) is 2.98. The Balaban J connectivity index is 2.07. The number of hydrogen-bond donors (Lipinski definition) is 0. The molecule has 20 heavy (non-hydrogen) atoms. The number of esters is 1. The molecule has 0 N–H and O–H groups in total. The number of thiazole rings is 1. The maximum atomic E-state index is 11.7. The van der Waals surface area contributed by atoms with Crippen LogP contribution in [0.5, 0.6) is 0 Å². The Bertz CT molecular complexity index is 778. The van der Waals surface area contributed by atoms with E-state index < -0.39 is 0 Å². The van der Waals surface area contributed by atoms with Gasteiger partial charge in [0, 0.05) is 18.1 Å². The van der Waals surface area contributed by atoms with Crippen LogP contribution in [0.2, 0.25) is 0 Å². The van der Waals surface area contributed by atoms with E-state index in [0.717, 1.165) is 11.4 Å². The molecule has 0 atom stereocenters.